The van der Waals surface area contributed by atoms with Gasteiger partial charge in [0.2, 0.25) is 0 Å². The number of H-pyrrole nitrogens is 1. The Morgan fingerprint density at radius 1 is 1.33 bits per heavy atom. The number of alkyl carbamates (subject to hydrolysis) is 1. The van der Waals surface area contributed by atoms with E-state index >= 15 is 0 Å². The number of aromatic nitrogens is 2. The van der Waals surface area contributed by atoms with Crippen molar-refractivity contribution in [3.05, 3.63) is 35.5 Å². The summed E-state index contributed by atoms with van der Waals surface area (Å²) >= 11 is 0. The van der Waals surface area contributed by atoms with Gasteiger partial charge >= 0.3 is 16.4 Å². The van der Waals surface area contributed by atoms with Gasteiger partial charge in [0.05, 0.1) is 0 Å². The average molecular weight is 436 g/mol. The van der Waals surface area contributed by atoms with Crippen molar-refractivity contribution in [1.29, 1.82) is 0 Å². The molecule has 162 valence electrons. The number of rotatable bonds is 5. The lowest BCUT2D eigenvalue weighted by molar-refractivity contribution is 0.0981. The monoisotopic (exact) mass is 435 g/mol. The maximum atomic E-state index is 11.8. The van der Waals surface area contributed by atoms with Gasteiger partial charge in [0, 0.05) is 41.5 Å². The summed E-state index contributed by atoms with van der Waals surface area (Å²) in [6.07, 6.45) is 1.96. The molecule has 4 rings (SSSR count). The minimum Gasteiger partial charge on any atom is -0.446 e. The summed E-state index contributed by atoms with van der Waals surface area (Å²) in [7, 11) is -3.75. The molecular formula is C19H25N5O5S. The van der Waals surface area contributed by atoms with Gasteiger partial charge < -0.3 is 19.6 Å². The van der Waals surface area contributed by atoms with Crippen molar-refractivity contribution < 1.29 is 22.1 Å². The average Bonchev–Trinajstić information content (AvgIpc) is 3.29. The molecule has 2 aromatic rings. The fourth-order valence-corrected chi connectivity index (χ4v) is 4.52. The van der Waals surface area contributed by atoms with Crippen LogP contribution >= 0.6 is 0 Å². The molecule has 30 heavy (non-hydrogen) atoms. The number of ether oxygens (including phenoxy) is 1. The first kappa shape index (κ1) is 20.5. The highest BCUT2D eigenvalue weighted by Gasteiger charge is 2.30. The van der Waals surface area contributed by atoms with Crippen molar-refractivity contribution in [3.8, 4) is 5.75 Å². The van der Waals surface area contributed by atoms with Gasteiger partial charge in [-0.3, -0.25) is 5.10 Å². The number of anilines is 2. The minimum atomic E-state index is -3.75. The molecule has 0 spiro atoms. The highest BCUT2D eigenvalue weighted by Crippen LogP contribution is 2.37. The van der Waals surface area contributed by atoms with E-state index in [1.165, 1.54) is 0 Å². The summed E-state index contributed by atoms with van der Waals surface area (Å²) in [5.41, 5.74) is 2.39. The van der Waals surface area contributed by atoms with Crippen LogP contribution in [0, 0.1) is 0 Å². The number of amides is 1. The zero-order chi connectivity index (χ0) is 21.3. The molecule has 1 aliphatic carbocycles. The van der Waals surface area contributed by atoms with Crippen LogP contribution in [0.2, 0.25) is 0 Å². The Labute approximate surface area is 175 Å². The van der Waals surface area contributed by atoms with Gasteiger partial charge in [-0.1, -0.05) is 6.07 Å². The van der Waals surface area contributed by atoms with Gasteiger partial charge in [-0.25, -0.2) is 4.79 Å². The SMILES string of the molecule is CC(C)NC(=O)O[C@@H]1CC[C@H](c2cc(Nc3cccc4c3CNS(=O)(=O)O4)n[nH]2)C1. The number of carbonyl (C=O) groups excluding carboxylic acids is 1. The molecule has 1 amide bonds. The fourth-order valence-electron chi connectivity index (χ4n) is 3.75. The van der Waals surface area contributed by atoms with Gasteiger partial charge in [0.25, 0.3) is 0 Å². The second-order valence-corrected chi connectivity index (χ2v) is 9.17. The summed E-state index contributed by atoms with van der Waals surface area (Å²) < 4.78 is 36.0. The van der Waals surface area contributed by atoms with Crippen LogP contribution in [0.5, 0.6) is 5.75 Å². The van der Waals surface area contributed by atoms with Crippen molar-refractivity contribution in [2.24, 2.45) is 0 Å². The highest BCUT2D eigenvalue weighted by molar-refractivity contribution is 7.85. The molecule has 10 nitrogen and oxygen atoms in total. The summed E-state index contributed by atoms with van der Waals surface area (Å²) in [5.74, 6) is 1.14. The smallest absolute Gasteiger partial charge is 0.407 e. The third-order valence-electron chi connectivity index (χ3n) is 5.12. The molecule has 2 atom stereocenters. The van der Waals surface area contributed by atoms with Crippen LogP contribution in [-0.4, -0.2) is 36.9 Å². The predicted octanol–water partition coefficient (Wildman–Crippen LogP) is 2.65. The van der Waals surface area contributed by atoms with Crippen LogP contribution in [0.4, 0.5) is 16.3 Å². The molecule has 0 bridgehead atoms. The molecule has 1 saturated carbocycles. The molecule has 1 aromatic heterocycles. The lowest BCUT2D eigenvalue weighted by Crippen LogP contribution is -2.33. The van der Waals surface area contributed by atoms with Crippen molar-refractivity contribution in [2.45, 2.75) is 57.7 Å². The maximum Gasteiger partial charge on any atom is 0.407 e. The molecular weight excluding hydrogens is 410 g/mol. The number of carbonyl (C=O) groups is 1. The van der Waals surface area contributed by atoms with E-state index in [-0.39, 0.29) is 30.7 Å². The molecule has 2 heterocycles. The topological polar surface area (TPSA) is 134 Å². The Bertz CT molecular complexity index is 1040. The standard InChI is InChI=1S/C19H25N5O5S/c1-11(2)21-19(25)28-13-7-6-12(8-13)16-9-18(24-23-16)22-15-4-3-5-17-14(15)10-20-30(26,27)29-17/h3-5,9,11-13,20H,6-8,10H2,1-2H3,(H,21,25)(H2,22,23,24)/t12-,13+/m0/s1. The highest BCUT2D eigenvalue weighted by atomic mass is 32.2. The van der Waals surface area contributed by atoms with Gasteiger partial charge in [-0.05, 0) is 45.2 Å². The van der Waals surface area contributed by atoms with Crippen LogP contribution in [0.25, 0.3) is 0 Å². The van der Waals surface area contributed by atoms with Gasteiger partial charge in [0.15, 0.2) is 11.6 Å². The first-order chi connectivity index (χ1) is 14.3. The number of fused-ring (bicyclic) bond motifs is 1. The number of hydrogen-bond acceptors (Lipinski definition) is 7. The molecule has 1 fully saturated rings. The molecule has 11 heteroatoms. The van der Waals surface area contributed by atoms with Crippen LogP contribution in [0.3, 0.4) is 0 Å². The van der Waals surface area contributed by atoms with Crippen molar-refractivity contribution in [1.82, 2.24) is 20.2 Å². The minimum absolute atomic E-state index is 0.0420. The Hall–Kier alpha value is -2.79. The number of nitrogens with zero attached hydrogens (tertiary/aromatic N) is 1. The summed E-state index contributed by atoms with van der Waals surface area (Å²) in [4.78, 5) is 11.8. The Morgan fingerprint density at radius 2 is 2.17 bits per heavy atom. The van der Waals surface area contributed by atoms with Crippen molar-refractivity contribution in [3.63, 3.8) is 0 Å². The summed E-state index contributed by atoms with van der Waals surface area (Å²) in [5, 5.41) is 13.3. The maximum absolute atomic E-state index is 11.8. The number of nitrogens with one attached hydrogen (secondary N) is 4. The predicted molar refractivity (Wildman–Crippen MR) is 110 cm³/mol. The molecule has 0 saturated heterocycles. The summed E-state index contributed by atoms with van der Waals surface area (Å²) in [6.45, 7) is 3.92. The fraction of sp³-hybridized carbons (Fsp3) is 0.474. The van der Waals surface area contributed by atoms with Crippen LogP contribution in [0.1, 0.15) is 50.3 Å². The Balaban J connectivity index is 1.40. The van der Waals surface area contributed by atoms with E-state index in [0.29, 0.717) is 22.8 Å². The lowest BCUT2D eigenvalue weighted by Gasteiger charge is -2.20. The van der Waals surface area contributed by atoms with Crippen molar-refractivity contribution >= 4 is 27.9 Å². The van der Waals surface area contributed by atoms with E-state index in [2.05, 4.69) is 25.6 Å². The third-order valence-corrected chi connectivity index (χ3v) is 6.02. The normalized spacial score (nSPS) is 22.2. The molecule has 4 N–H and O–H groups in total. The van der Waals surface area contributed by atoms with E-state index in [1.807, 2.05) is 26.0 Å². The van der Waals surface area contributed by atoms with E-state index in [4.69, 9.17) is 8.92 Å². The largest absolute Gasteiger partial charge is 0.446 e. The first-order valence-corrected chi connectivity index (χ1v) is 11.3. The van der Waals surface area contributed by atoms with Gasteiger partial charge in [-0.2, -0.15) is 18.2 Å². The van der Waals surface area contributed by atoms with E-state index in [1.54, 1.807) is 12.1 Å². The lowest BCUT2D eigenvalue weighted by atomic mass is 10.0. The second-order valence-electron chi connectivity index (χ2n) is 7.81. The molecule has 0 radical (unpaired) electrons. The van der Waals surface area contributed by atoms with Gasteiger partial charge in [0.1, 0.15) is 6.10 Å². The van der Waals surface area contributed by atoms with E-state index in [9.17, 15) is 13.2 Å². The molecule has 0 unspecified atom stereocenters. The first-order valence-electron chi connectivity index (χ1n) is 9.89. The van der Waals surface area contributed by atoms with Crippen molar-refractivity contribution in [2.75, 3.05) is 5.32 Å². The van der Waals surface area contributed by atoms with E-state index < -0.39 is 10.3 Å². The van der Waals surface area contributed by atoms with Gasteiger partial charge in [-0.15, -0.1) is 0 Å². The zero-order valence-corrected chi connectivity index (χ0v) is 17.6. The Kier molecular flexibility index (Phi) is 5.56. The molecule has 1 aromatic carbocycles. The number of benzene rings is 1. The van der Waals surface area contributed by atoms with Crippen LogP contribution < -0.4 is 19.5 Å². The molecule has 1 aliphatic heterocycles. The zero-order valence-electron chi connectivity index (χ0n) is 16.8. The molecule has 2 aliphatic rings. The quantitative estimate of drug-likeness (QED) is 0.567. The third kappa shape index (κ3) is 4.68. The van der Waals surface area contributed by atoms with Crippen LogP contribution in [0.15, 0.2) is 24.3 Å². The summed E-state index contributed by atoms with van der Waals surface area (Å²) in [6, 6.07) is 7.14. The number of aromatic amines is 1. The second kappa shape index (κ2) is 8.15. The van der Waals surface area contributed by atoms with Crippen LogP contribution in [-0.2, 0) is 21.6 Å². The Morgan fingerprint density at radius 3 is 2.97 bits per heavy atom. The number of hydrogen-bond donors (Lipinski definition) is 4. The van der Waals surface area contributed by atoms with E-state index in [0.717, 1.165) is 25.0 Å².